The van der Waals surface area contributed by atoms with Gasteiger partial charge in [0.2, 0.25) is 0 Å². The molecule has 1 aromatic rings. The zero-order chi connectivity index (χ0) is 11.6. The summed E-state index contributed by atoms with van der Waals surface area (Å²) < 4.78 is 72.4. The van der Waals surface area contributed by atoms with Crippen molar-refractivity contribution >= 4 is 11.1 Å². The molecule has 0 N–H and O–H groups in total. The van der Waals surface area contributed by atoms with E-state index in [2.05, 4.69) is 4.74 Å². The van der Waals surface area contributed by atoms with Gasteiger partial charge in [-0.1, -0.05) is 6.07 Å². The summed E-state index contributed by atoms with van der Waals surface area (Å²) in [6.07, 6.45) is -5.07. The molecule has 0 aliphatic heterocycles. The number of halogens is 4. The molecular formula is C7H3F4NaO3S. The number of hydrogen-bond acceptors (Lipinski definition) is 3. The number of ether oxygens (including phenoxy) is 1. The molecule has 0 amide bonds. The van der Waals surface area contributed by atoms with Gasteiger partial charge in [0, 0.05) is 0 Å². The van der Waals surface area contributed by atoms with Gasteiger partial charge >= 0.3 is 35.9 Å². The van der Waals surface area contributed by atoms with Crippen molar-refractivity contribution in [3.05, 3.63) is 24.0 Å². The maximum absolute atomic E-state index is 12.8. The van der Waals surface area contributed by atoms with Crippen LogP contribution in [-0.2, 0) is 11.1 Å². The fourth-order valence-corrected chi connectivity index (χ4v) is 1.36. The van der Waals surface area contributed by atoms with E-state index in [0.717, 1.165) is 6.07 Å². The number of benzene rings is 1. The second-order valence-corrected chi connectivity index (χ2v) is 3.23. The molecule has 0 aromatic heterocycles. The van der Waals surface area contributed by atoms with Crippen molar-refractivity contribution in [3.63, 3.8) is 0 Å². The third kappa shape index (κ3) is 4.38. The van der Waals surface area contributed by atoms with Gasteiger partial charge < -0.3 is 9.29 Å². The average Bonchev–Trinajstić information content (AvgIpc) is 1.99. The van der Waals surface area contributed by atoms with E-state index in [0.29, 0.717) is 12.1 Å². The van der Waals surface area contributed by atoms with Crippen molar-refractivity contribution in [1.82, 2.24) is 0 Å². The number of alkyl halides is 3. The number of rotatable bonds is 2. The monoisotopic (exact) mass is 266 g/mol. The topological polar surface area (TPSA) is 49.4 Å². The van der Waals surface area contributed by atoms with Gasteiger partial charge in [0.15, 0.2) is 0 Å². The Morgan fingerprint density at radius 2 is 1.88 bits per heavy atom. The quantitative estimate of drug-likeness (QED) is 0.390. The zero-order valence-electron chi connectivity index (χ0n) is 7.88. The van der Waals surface area contributed by atoms with Crippen molar-refractivity contribution in [2.45, 2.75) is 11.3 Å². The van der Waals surface area contributed by atoms with Crippen LogP contribution in [0.25, 0.3) is 0 Å². The molecule has 1 aromatic carbocycles. The van der Waals surface area contributed by atoms with E-state index < -0.39 is 33.9 Å². The predicted molar refractivity (Wildman–Crippen MR) is 40.3 cm³/mol. The van der Waals surface area contributed by atoms with Crippen LogP contribution in [0.15, 0.2) is 23.1 Å². The van der Waals surface area contributed by atoms with Gasteiger partial charge in [-0.25, -0.2) is 4.39 Å². The molecule has 0 aliphatic carbocycles. The summed E-state index contributed by atoms with van der Waals surface area (Å²) in [5.74, 6) is -2.39. The molecule has 1 unspecified atom stereocenters. The Bertz CT molecular complexity index is 396. The molecule has 0 aliphatic rings. The third-order valence-electron chi connectivity index (χ3n) is 1.32. The zero-order valence-corrected chi connectivity index (χ0v) is 10.7. The van der Waals surface area contributed by atoms with Crippen LogP contribution >= 0.6 is 0 Å². The molecule has 0 spiro atoms. The van der Waals surface area contributed by atoms with E-state index in [1.54, 1.807) is 0 Å². The second kappa shape index (κ2) is 5.97. The molecule has 0 radical (unpaired) electrons. The van der Waals surface area contributed by atoms with Crippen LogP contribution in [0, 0.1) is 5.82 Å². The summed E-state index contributed by atoms with van der Waals surface area (Å²) >= 11 is -3.14. The summed E-state index contributed by atoms with van der Waals surface area (Å²) in [7, 11) is 0. The third-order valence-corrected chi connectivity index (χ3v) is 2.05. The molecule has 0 bridgehead atoms. The van der Waals surface area contributed by atoms with Crippen molar-refractivity contribution < 1.29 is 60.6 Å². The molecule has 0 fully saturated rings. The Balaban J connectivity index is 0.00000225. The van der Waals surface area contributed by atoms with Crippen molar-refractivity contribution in [2.75, 3.05) is 0 Å². The minimum atomic E-state index is -5.07. The van der Waals surface area contributed by atoms with Crippen molar-refractivity contribution in [3.8, 4) is 5.75 Å². The van der Waals surface area contributed by atoms with Crippen LogP contribution in [0.4, 0.5) is 17.6 Å². The normalized spacial score (nSPS) is 12.8. The van der Waals surface area contributed by atoms with Crippen LogP contribution in [0.3, 0.4) is 0 Å². The van der Waals surface area contributed by atoms with E-state index >= 15 is 0 Å². The first-order chi connectivity index (χ1) is 6.81. The van der Waals surface area contributed by atoms with E-state index in [1.165, 1.54) is 0 Å². The van der Waals surface area contributed by atoms with Crippen LogP contribution in [0.2, 0.25) is 0 Å². The van der Waals surface area contributed by atoms with Gasteiger partial charge in [0.25, 0.3) is 0 Å². The molecule has 1 rings (SSSR count). The van der Waals surface area contributed by atoms with Gasteiger partial charge in [-0.05, 0) is 23.2 Å². The van der Waals surface area contributed by atoms with E-state index in [9.17, 15) is 26.3 Å². The first kappa shape index (κ1) is 15.9. The summed E-state index contributed by atoms with van der Waals surface area (Å²) in [5, 5.41) is 0. The predicted octanol–water partition coefficient (Wildman–Crippen LogP) is -1.03. The van der Waals surface area contributed by atoms with Gasteiger partial charge in [-0.2, -0.15) is 0 Å². The fraction of sp³-hybridized carbons (Fsp3) is 0.143. The minimum Gasteiger partial charge on any atom is -0.768 e. The molecule has 0 saturated heterocycles. The molecule has 9 heteroatoms. The Kier molecular flexibility index (Phi) is 5.91. The molecule has 3 nitrogen and oxygen atoms in total. The van der Waals surface area contributed by atoms with Crippen molar-refractivity contribution in [2.24, 2.45) is 0 Å². The second-order valence-electron chi connectivity index (χ2n) is 2.35. The minimum absolute atomic E-state index is 0. The first-order valence-corrected chi connectivity index (χ1v) is 4.52. The van der Waals surface area contributed by atoms with Crippen LogP contribution in [0.1, 0.15) is 0 Å². The van der Waals surface area contributed by atoms with Crippen LogP contribution in [0.5, 0.6) is 5.75 Å². The molecule has 16 heavy (non-hydrogen) atoms. The Labute approximate surface area is 112 Å². The molecule has 84 valence electrons. The smallest absolute Gasteiger partial charge is 0.768 e. The Hall–Kier alpha value is -0.150. The molecule has 0 heterocycles. The molecular weight excluding hydrogens is 263 g/mol. The van der Waals surface area contributed by atoms with E-state index in [4.69, 9.17) is 0 Å². The van der Waals surface area contributed by atoms with Gasteiger partial charge in [-0.3, -0.25) is 4.21 Å². The largest absolute Gasteiger partial charge is 1.00 e. The summed E-state index contributed by atoms with van der Waals surface area (Å²) in [5.41, 5.74) is 0. The van der Waals surface area contributed by atoms with E-state index in [1.807, 2.05) is 0 Å². The van der Waals surface area contributed by atoms with Gasteiger partial charge in [0.1, 0.15) is 16.5 Å². The van der Waals surface area contributed by atoms with E-state index in [-0.39, 0.29) is 29.6 Å². The number of hydrogen-bond donors (Lipinski definition) is 0. The molecule has 1 atom stereocenters. The SMILES string of the molecule is O=S([O-])c1c(F)cccc1OC(F)(F)F.[Na+]. The van der Waals surface area contributed by atoms with Gasteiger partial charge in [0.05, 0.1) is 0 Å². The Morgan fingerprint density at radius 1 is 1.31 bits per heavy atom. The summed E-state index contributed by atoms with van der Waals surface area (Å²) in [4.78, 5) is -1.14. The average molecular weight is 266 g/mol. The summed E-state index contributed by atoms with van der Waals surface area (Å²) in [6, 6.07) is 2.34. The van der Waals surface area contributed by atoms with Crippen LogP contribution < -0.4 is 34.3 Å². The maximum Gasteiger partial charge on any atom is 1.00 e. The maximum atomic E-state index is 12.8. The van der Waals surface area contributed by atoms with Gasteiger partial charge in [-0.15, -0.1) is 13.2 Å². The first-order valence-electron chi connectivity index (χ1n) is 3.45. The summed E-state index contributed by atoms with van der Waals surface area (Å²) in [6.45, 7) is 0. The standard InChI is InChI=1S/C7H4F4O3S.Na/c8-4-2-1-3-5(6(4)15(12)13)14-7(9,10)11;/h1-3H,(H,12,13);/q;+1/p-1. The Morgan fingerprint density at radius 3 is 2.31 bits per heavy atom. The molecule has 0 saturated carbocycles. The van der Waals surface area contributed by atoms with Crippen molar-refractivity contribution in [1.29, 1.82) is 0 Å². The van der Waals surface area contributed by atoms with Crippen LogP contribution in [-0.4, -0.2) is 15.1 Å². The fourth-order valence-electron chi connectivity index (χ4n) is 0.856.